The lowest BCUT2D eigenvalue weighted by atomic mass is 10.0. The first-order chi connectivity index (χ1) is 11.1. The SMILES string of the molecule is CCCCCCCCCCCCCCCCCC[N+](C)(C)C[SiH3]. The van der Waals surface area contributed by atoms with Gasteiger partial charge < -0.3 is 4.48 Å². The summed E-state index contributed by atoms with van der Waals surface area (Å²) in [6.07, 6.45) is 24.9. The summed E-state index contributed by atoms with van der Waals surface area (Å²) in [5.74, 6) is 0. The summed E-state index contributed by atoms with van der Waals surface area (Å²) in [4.78, 5) is 0. The van der Waals surface area contributed by atoms with Crippen molar-refractivity contribution in [3.63, 3.8) is 0 Å². The predicted molar refractivity (Wildman–Crippen MR) is 111 cm³/mol. The van der Waals surface area contributed by atoms with Gasteiger partial charge in [-0.2, -0.15) is 0 Å². The standard InChI is InChI=1S/C21H48NSi/c1-4-5-6-7-8-9-10-11-12-13-14-15-16-17-18-19-20-22(2,3)21-23/h4-21H2,1-3,23H3/q+1. The maximum atomic E-state index is 2.39. The number of unbranched alkanes of at least 4 members (excludes halogenated alkanes) is 15. The summed E-state index contributed by atoms with van der Waals surface area (Å²) < 4.78 is 1.25. The van der Waals surface area contributed by atoms with Crippen molar-refractivity contribution in [3.8, 4) is 0 Å². The normalized spacial score (nSPS) is 12.1. The van der Waals surface area contributed by atoms with Gasteiger partial charge in [0.15, 0.2) is 0 Å². The molecule has 0 aromatic carbocycles. The van der Waals surface area contributed by atoms with Crippen molar-refractivity contribution in [2.24, 2.45) is 0 Å². The third-order valence-corrected chi connectivity index (χ3v) is 7.19. The van der Waals surface area contributed by atoms with E-state index in [-0.39, 0.29) is 0 Å². The molecule has 0 atom stereocenters. The summed E-state index contributed by atoms with van der Waals surface area (Å²) in [7, 11) is 6.11. The van der Waals surface area contributed by atoms with Crippen LogP contribution in [0.25, 0.3) is 0 Å². The van der Waals surface area contributed by atoms with Crippen molar-refractivity contribution in [2.75, 3.05) is 26.8 Å². The molecule has 2 heteroatoms. The number of quaternary nitrogens is 1. The van der Waals surface area contributed by atoms with Crippen LogP contribution >= 0.6 is 0 Å². The van der Waals surface area contributed by atoms with Gasteiger partial charge in [0, 0.05) is 0 Å². The molecule has 0 rings (SSSR count). The van der Waals surface area contributed by atoms with E-state index in [1.807, 2.05) is 0 Å². The van der Waals surface area contributed by atoms with Gasteiger partial charge in [-0.1, -0.05) is 96.8 Å². The van der Waals surface area contributed by atoms with Crippen LogP contribution in [0.1, 0.15) is 110 Å². The first kappa shape index (κ1) is 23.2. The van der Waals surface area contributed by atoms with Crippen molar-refractivity contribution in [3.05, 3.63) is 0 Å². The summed E-state index contributed by atoms with van der Waals surface area (Å²) in [6.45, 7) is 3.69. The van der Waals surface area contributed by atoms with Gasteiger partial charge in [-0.3, -0.25) is 0 Å². The molecule has 0 unspecified atom stereocenters. The van der Waals surface area contributed by atoms with Gasteiger partial charge in [0.25, 0.3) is 0 Å². The Balaban J connectivity index is 3.05. The van der Waals surface area contributed by atoms with E-state index in [4.69, 9.17) is 0 Å². The molecule has 1 nitrogen and oxygen atoms in total. The van der Waals surface area contributed by atoms with Gasteiger partial charge in [0.2, 0.25) is 0 Å². The van der Waals surface area contributed by atoms with Gasteiger partial charge in [0.1, 0.15) is 0 Å². The topological polar surface area (TPSA) is 0 Å². The summed E-state index contributed by atoms with van der Waals surface area (Å²) >= 11 is 0. The third kappa shape index (κ3) is 18.4. The lowest BCUT2D eigenvalue weighted by molar-refractivity contribution is -0.879. The molecular formula is C21H48NSi+. The lowest BCUT2D eigenvalue weighted by Gasteiger charge is -2.28. The van der Waals surface area contributed by atoms with E-state index in [1.165, 1.54) is 130 Å². The highest BCUT2D eigenvalue weighted by atomic mass is 28.1. The number of hydrogen-bond acceptors (Lipinski definition) is 0. The Morgan fingerprint density at radius 3 is 1.13 bits per heavy atom. The number of rotatable bonds is 18. The van der Waals surface area contributed by atoms with Crippen LogP contribution in [-0.4, -0.2) is 41.5 Å². The molecule has 0 radical (unpaired) electrons. The van der Waals surface area contributed by atoms with E-state index < -0.39 is 0 Å². The van der Waals surface area contributed by atoms with Crippen LogP contribution in [-0.2, 0) is 0 Å². The molecule has 0 N–H and O–H groups in total. The minimum atomic E-state index is 1.25. The fourth-order valence-electron chi connectivity index (χ4n) is 3.25. The maximum absolute atomic E-state index is 2.39. The van der Waals surface area contributed by atoms with Crippen molar-refractivity contribution < 1.29 is 4.48 Å². The molecular weight excluding hydrogens is 294 g/mol. The van der Waals surface area contributed by atoms with Crippen LogP contribution in [0, 0.1) is 0 Å². The predicted octanol–water partition coefficient (Wildman–Crippen LogP) is 5.65. The second-order valence-electron chi connectivity index (χ2n) is 8.28. The molecule has 0 saturated heterocycles. The fraction of sp³-hybridized carbons (Fsp3) is 1.00. The second-order valence-corrected chi connectivity index (χ2v) is 8.91. The highest BCUT2D eigenvalue weighted by Crippen LogP contribution is 2.14. The molecule has 0 amide bonds. The molecule has 0 fully saturated rings. The highest BCUT2D eigenvalue weighted by Gasteiger charge is 2.09. The molecule has 0 heterocycles. The van der Waals surface area contributed by atoms with E-state index in [1.54, 1.807) is 0 Å². The third-order valence-electron chi connectivity index (χ3n) is 5.47. The van der Waals surface area contributed by atoms with E-state index in [0.717, 1.165) is 0 Å². The summed E-state index contributed by atoms with van der Waals surface area (Å²) in [6, 6.07) is 0. The average Bonchev–Trinajstić information content (AvgIpc) is 2.54. The Morgan fingerprint density at radius 1 is 0.522 bits per heavy atom. The quantitative estimate of drug-likeness (QED) is 0.172. The van der Waals surface area contributed by atoms with Crippen molar-refractivity contribution in [2.45, 2.75) is 110 Å². The Hall–Kier alpha value is 0.177. The molecule has 140 valence electrons. The van der Waals surface area contributed by atoms with Crippen molar-refractivity contribution >= 4 is 10.2 Å². The Kier molecular flexibility index (Phi) is 17.1. The average molecular weight is 343 g/mol. The van der Waals surface area contributed by atoms with Crippen LogP contribution in [0.2, 0.25) is 0 Å². The molecule has 0 saturated carbocycles. The summed E-state index contributed by atoms with van der Waals surface area (Å²) in [5, 5.41) is 0. The molecule has 0 aliphatic heterocycles. The van der Waals surface area contributed by atoms with Gasteiger partial charge in [-0.15, -0.1) is 0 Å². The Bertz CT molecular complexity index is 228. The van der Waals surface area contributed by atoms with Gasteiger partial charge in [-0.05, 0) is 12.8 Å². The monoisotopic (exact) mass is 342 g/mol. The molecule has 0 aliphatic rings. The zero-order valence-electron chi connectivity index (χ0n) is 17.2. The molecule has 0 bridgehead atoms. The molecule has 23 heavy (non-hydrogen) atoms. The minimum absolute atomic E-state index is 1.25. The van der Waals surface area contributed by atoms with Gasteiger partial charge in [-0.25, -0.2) is 0 Å². The molecule has 0 aliphatic carbocycles. The first-order valence-corrected chi connectivity index (χ1v) is 12.4. The first-order valence-electron chi connectivity index (χ1n) is 10.9. The van der Waals surface area contributed by atoms with Crippen molar-refractivity contribution in [1.82, 2.24) is 0 Å². The van der Waals surface area contributed by atoms with Crippen LogP contribution in [0.15, 0.2) is 0 Å². The molecule has 0 aromatic rings. The minimum Gasteiger partial charge on any atom is -0.333 e. The molecule has 0 aromatic heterocycles. The Labute approximate surface area is 151 Å². The second kappa shape index (κ2) is 17.0. The highest BCUT2D eigenvalue weighted by molar-refractivity contribution is 6.08. The van der Waals surface area contributed by atoms with Crippen LogP contribution < -0.4 is 0 Å². The smallest absolute Gasteiger partial charge is 0.0779 e. The van der Waals surface area contributed by atoms with Gasteiger partial charge >= 0.3 is 0 Å². The van der Waals surface area contributed by atoms with E-state index in [2.05, 4.69) is 21.0 Å². The lowest BCUT2D eigenvalue weighted by Crippen LogP contribution is -2.41. The van der Waals surface area contributed by atoms with Crippen LogP contribution in [0.3, 0.4) is 0 Å². The van der Waals surface area contributed by atoms with E-state index in [9.17, 15) is 0 Å². The zero-order chi connectivity index (χ0) is 17.2. The van der Waals surface area contributed by atoms with Gasteiger partial charge in [0.05, 0.1) is 37.1 Å². The zero-order valence-corrected chi connectivity index (χ0v) is 19.2. The van der Waals surface area contributed by atoms with Crippen LogP contribution in [0.5, 0.6) is 0 Å². The number of nitrogens with zero attached hydrogens (tertiary/aromatic N) is 1. The number of hydrogen-bond donors (Lipinski definition) is 0. The Morgan fingerprint density at radius 2 is 0.826 bits per heavy atom. The van der Waals surface area contributed by atoms with E-state index >= 15 is 0 Å². The maximum Gasteiger partial charge on any atom is 0.0779 e. The fourth-order valence-corrected chi connectivity index (χ4v) is 3.56. The molecule has 0 spiro atoms. The van der Waals surface area contributed by atoms with Crippen molar-refractivity contribution in [1.29, 1.82) is 0 Å². The van der Waals surface area contributed by atoms with E-state index in [0.29, 0.717) is 0 Å². The largest absolute Gasteiger partial charge is 0.333 e. The summed E-state index contributed by atoms with van der Waals surface area (Å²) in [5.41, 5.74) is 0. The van der Waals surface area contributed by atoms with Crippen LogP contribution in [0.4, 0.5) is 0 Å².